The third-order valence-corrected chi connectivity index (χ3v) is 4.61. The van der Waals surface area contributed by atoms with Crippen LogP contribution in [0.15, 0.2) is 36.8 Å². The predicted molar refractivity (Wildman–Crippen MR) is 93.5 cm³/mol. The molecule has 1 fully saturated rings. The third kappa shape index (κ3) is 4.43. The largest absolute Gasteiger partial charge is 0.341 e. The maximum Gasteiger partial charge on any atom is 0.314 e. The number of pyridine rings is 1. The number of anilines is 1. The summed E-state index contributed by atoms with van der Waals surface area (Å²) >= 11 is 0. The van der Waals surface area contributed by atoms with Crippen molar-refractivity contribution in [2.75, 3.05) is 5.32 Å². The lowest BCUT2D eigenvalue weighted by atomic mass is 9.81. The molecule has 7 heteroatoms. The van der Waals surface area contributed by atoms with Gasteiger partial charge in [0.05, 0.1) is 6.04 Å². The van der Waals surface area contributed by atoms with Crippen LogP contribution in [0.2, 0.25) is 0 Å². The number of nitrogens with one attached hydrogen (secondary N) is 2. The van der Waals surface area contributed by atoms with E-state index in [1.807, 2.05) is 12.1 Å². The smallest absolute Gasteiger partial charge is 0.314 e. The van der Waals surface area contributed by atoms with Crippen LogP contribution in [0.5, 0.6) is 0 Å². The molecular weight excluding hydrogens is 318 g/mol. The third-order valence-electron chi connectivity index (χ3n) is 4.61. The molecule has 7 nitrogen and oxygen atoms in total. The predicted octanol–water partition coefficient (Wildman–Crippen LogP) is 2.19. The summed E-state index contributed by atoms with van der Waals surface area (Å²) in [7, 11) is 1.75. The maximum atomic E-state index is 12.4. The van der Waals surface area contributed by atoms with E-state index < -0.39 is 11.8 Å². The summed E-state index contributed by atoms with van der Waals surface area (Å²) in [6.07, 6.45) is 10.8. The Labute approximate surface area is 146 Å². The number of aryl methyl sites for hydroxylation is 1. The van der Waals surface area contributed by atoms with E-state index in [1.54, 1.807) is 36.4 Å². The normalized spacial score (nSPS) is 16.2. The van der Waals surface area contributed by atoms with E-state index in [2.05, 4.69) is 20.7 Å². The number of nitrogens with zero attached hydrogens (tertiary/aromatic N) is 3. The summed E-state index contributed by atoms with van der Waals surface area (Å²) in [5.74, 6) is -0.670. The molecule has 1 aliphatic carbocycles. The van der Waals surface area contributed by atoms with Crippen LogP contribution in [0.25, 0.3) is 0 Å². The molecule has 3 rings (SSSR count). The van der Waals surface area contributed by atoms with Crippen LogP contribution in [0.3, 0.4) is 0 Å². The Morgan fingerprint density at radius 2 is 2.00 bits per heavy atom. The van der Waals surface area contributed by atoms with E-state index in [0.29, 0.717) is 11.7 Å². The van der Waals surface area contributed by atoms with Crippen LogP contribution in [0.1, 0.15) is 43.7 Å². The van der Waals surface area contributed by atoms with Crippen molar-refractivity contribution in [3.63, 3.8) is 0 Å². The van der Waals surface area contributed by atoms with Crippen LogP contribution in [-0.4, -0.2) is 26.6 Å². The fourth-order valence-corrected chi connectivity index (χ4v) is 3.36. The standard InChI is InChI=1S/C18H23N5O2/c1-23-11-9-15(22-23)20-17(24)18(25)21-16(13-6-3-2-4-7-13)14-8-5-10-19-12-14/h5,8-13,16H,2-4,6-7H2,1H3,(H,21,25)(H,20,22,24)/t16-/m1/s1. The molecule has 0 unspecified atom stereocenters. The molecule has 132 valence electrons. The number of amides is 2. The zero-order chi connectivity index (χ0) is 17.6. The highest BCUT2D eigenvalue weighted by atomic mass is 16.2. The van der Waals surface area contributed by atoms with Gasteiger partial charge in [-0.25, -0.2) is 0 Å². The molecule has 0 saturated heterocycles. The average molecular weight is 341 g/mol. The van der Waals surface area contributed by atoms with Gasteiger partial charge >= 0.3 is 11.8 Å². The summed E-state index contributed by atoms with van der Waals surface area (Å²) in [4.78, 5) is 28.7. The van der Waals surface area contributed by atoms with Crippen LogP contribution in [0.4, 0.5) is 5.82 Å². The average Bonchev–Trinajstić information content (AvgIpc) is 3.05. The molecule has 1 atom stereocenters. The Balaban J connectivity index is 1.70. The first-order valence-corrected chi connectivity index (χ1v) is 8.65. The lowest BCUT2D eigenvalue weighted by molar-refractivity contribution is -0.137. The summed E-state index contributed by atoms with van der Waals surface area (Å²) in [6, 6.07) is 5.25. The summed E-state index contributed by atoms with van der Waals surface area (Å²) < 4.78 is 1.56. The topological polar surface area (TPSA) is 88.9 Å². The molecule has 2 aromatic heterocycles. The van der Waals surface area contributed by atoms with Gasteiger partial charge in [-0.2, -0.15) is 5.10 Å². The highest BCUT2D eigenvalue weighted by Crippen LogP contribution is 2.34. The number of hydrogen-bond donors (Lipinski definition) is 2. The van der Waals surface area contributed by atoms with Gasteiger partial charge in [-0.05, 0) is 30.4 Å². The second kappa shape index (κ2) is 7.92. The molecule has 2 heterocycles. The first-order chi connectivity index (χ1) is 12.1. The summed E-state index contributed by atoms with van der Waals surface area (Å²) in [6.45, 7) is 0. The van der Waals surface area contributed by atoms with Crippen molar-refractivity contribution in [1.29, 1.82) is 0 Å². The lowest BCUT2D eigenvalue weighted by Gasteiger charge is -2.30. The van der Waals surface area contributed by atoms with Crippen LogP contribution < -0.4 is 10.6 Å². The van der Waals surface area contributed by atoms with Crippen molar-refractivity contribution < 1.29 is 9.59 Å². The Bertz CT molecular complexity index is 722. The van der Waals surface area contributed by atoms with E-state index in [-0.39, 0.29) is 6.04 Å². The zero-order valence-corrected chi connectivity index (χ0v) is 14.3. The van der Waals surface area contributed by atoms with Crippen molar-refractivity contribution in [2.45, 2.75) is 38.1 Å². The van der Waals surface area contributed by atoms with E-state index in [0.717, 1.165) is 31.2 Å². The van der Waals surface area contributed by atoms with Gasteiger partial charge in [0.15, 0.2) is 5.82 Å². The molecule has 2 amide bonds. The van der Waals surface area contributed by atoms with Gasteiger partial charge in [-0.3, -0.25) is 19.3 Å². The second-order valence-electron chi connectivity index (χ2n) is 6.46. The minimum absolute atomic E-state index is 0.198. The number of hydrogen-bond acceptors (Lipinski definition) is 4. The quantitative estimate of drug-likeness (QED) is 0.834. The monoisotopic (exact) mass is 341 g/mol. The van der Waals surface area contributed by atoms with Crippen molar-refractivity contribution in [1.82, 2.24) is 20.1 Å². The Morgan fingerprint density at radius 1 is 1.20 bits per heavy atom. The first-order valence-electron chi connectivity index (χ1n) is 8.65. The SMILES string of the molecule is Cn1ccc(NC(=O)C(=O)N[C@@H](c2cccnc2)C2CCCCC2)n1. The minimum atomic E-state index is -0.705. The highest BCUT2D eigenvalue weighted by Gasteiger charge is 2.28. The van der Waals surface area contributed by atoms with Gasteiger partial charge in [-0.15, -0.1) is 0 Å². The fraction of sp³-hybridized carbons (Fsp3) is 0.444. The first kappa shape index (κ1) is 17.1. The molecule has 1 saturated carbocycles. The number of rotatable bonds is 4. The molecule has 0 spiro atoms. The van der Waals surface area contributed by atoms with E-state index in [1.165, 1.54) is 6.42 Å². The molecule has 25 heavy (non-hydrogen) atoms. The maximum absolute atomic E-state index is 12.4. The van der Waals surface area contributed by atoms with Crippen molar-refractivity contribution in [2.24, 2.45) is 13.0 Å². The van der Waals surface area contributed by atoms with E-state index in [4.69, 9.17) is 0 Å². The molecule has 2 N–H and O–H groups in total. The second-order valence-corrected chi connectivity index (χ2v) is 6.46. The number of carbonyl (C=O) groups is 2. The zero-order valence-electron chi connectivity index (χ0n) is 14.3. The van der Waals surface area contributed by atoms with Crippen LogP contribution in [0, 0.1) is 5.92 Å². The van der Waals surface area contributed by atoms with Crippen LogP contribution >= 0.6 is 0 Å². The lowest BCUT2D eigenvalue weighted by Crippen LogP contribution is -2.41. The van der Waals surface area contributed by atoms with Crippen molar-refractivity contribution >= 4 is 17.6 Å². The van der Waals surface area contributed by atoms with Crippen molar-refractivity contribution in [3.8, 4) is 0 Å². The van der Waals surface area contributed by atoms with Gasteiger partial charge in [0.1, 0.15) is 0 Å². The van der Waals surface area contributed by atoms with Gasteiger partial charge < -0.3 is 10.6 Å². The van der Waals surface area contributed by atoms with Crippen LogP contribution in [-0.2, 0) is 16.6 Å². The molecule has 0 aliphatic heterocycles. The minimum Gasteiger partial charge on any atom is -0.341 e. The summed E-state index contributed by atoms with van der Waals surface area (Å²) in [5.41, 5.74) is 0.938. The molecule has 0 radical (unpaired) electrons. The van der Waals surface area contributed by atoms with Gasteiger partial charge in [-0.1, -0.05) is 25.3 Å². The van der Waals surface area contributed by atoms with Crippen molar-refractivity contribution in [3.05, 3.63) is 42.4 Å². The fourth-order valence-electron chi connectivity index (χ4n) is 3.36. The summed E-state index contributed by atoms with van der Waals surface area (Å²) in [5, 5.41) is 9.48. The van der Waals surface area contributed by atoms with Gasteiger partial charge in [0.25, 0.3) is 0 Å². The van der Waals surface area contributed by atoms with E-state index in [9.17, 15) is 9.59 Å². The Kier molecular flexibility index (Phi) is 5.42. The Hall–Kier alpha value is -2.70. The molecular formula is C18H23N5O2. The van der Waals surface area contributed by atoms with E-state index >= 15 is 0 Å². The Morgan fingerprint density at radius 3 is 2.64 bits per heavy atom. The van der Waals surface area contributed by atoms with Gasteiger partial charge in [0.2, 0.25) is 0 Å². The number of aromatic nitrogens is 3. The van der Waals surface area contributed by atoms with Gasteiger partial charge in [0, 0.05) is 31.7 Å². The number of carbonyl (C=O) groups excluding carboxylic acids is 2. The molecule has 1 aliphatic rings. The molecule has 2 aromatic rings. The molecule has 0 aromatic carbocycles. The molecule has 0 bridgehead atoms. The highest BCUT2D eigenvalue weighted by molar-refractivity contribution is 6.39.